The average Bonchev–Trinajstić information content (AvgIpc) is 3.16. The molecule has 3 rings (SSSR count). The summed E-state index contributed by atoms with van der Waals surface area (Å²) in [7, 11) is 0. The van der Waals surface area contributed by atoms with E-state index >= 15 is 0 Å². The van der Waals surface area contributed by atoms with Gasteiger partial charge in [-0.2, -0.15) is 13.2 Å². The van der Waals surface area contributed by atoms with Gasteiger partial charge in [0.2, 0.25) is 0 Å². The molecule has 0 saturated carbocycles. The minimum atomic E-state index is -4.48. The minimum Gasteiger partial charge on any atom is -0.346 e. The van der Waals surface area contributed by atoms with Gasteiger partial charge < -0.3 is 9.88 Å². The second-order valence-corrected chi connectivity index (χ2v) is 5.84. The Morgan fingerprint density at radius 1 is 1.15 bits per heavy atom. The number of halogens is 3. The van der Waals surface area contributed by atoms with Crippen molar-refractivity contribution in [2.75, 3.05) is 0 Å². The van der Waals surface area contributed by atoms with Gasteiger partial charge >= 0.3 is 6.18 Å². The highest BCUT2D eigenvalue weighted by Gasteiger charge is 2.31. The fraction of sp³-hybridized carbons (Fsp3) is 0.158. The van der Waals surface area contributed by atoms with Crippen molar-refractivity contribution in [3.8, 4) is 5.69 Å². The molecule has 7 heteroatoms. The monoisotopic (exact) mass is 359 g/mol. The van der Waals surface area contributed by atoms with Crippen molar-refractivity contribution in [3.05, 3.63) is 83.9 Å². The topological polar surface area (TPSA) is 46.9 Å². The SMILES string of the molecule is CC(NC(=O)c1cccc(C(F)(F)F)c1)c1ccc(-n2ccnc2)cc1. The van der Waals surface area contributed by atoms with E-state index in [1.54, 1.807) is 19.4 Å². The van der Waals surface area contributed by atoms with E-state index in [4.69, 9.17) is 0 Å². The molecule has 4 nitrogen and oxygen atoms in total. The molecule has 1 amide bonds. The number of carbonyl (C=O) groups excluding carboxylic acids is 1. The molecule has 0 saturated heterocycles. The van der Waals surface area contributed by atoms with Crippen molar-refractivity contribution in [3.63, 3.8) is 0 Å². The Morgan fingerprint density at radius 3 is 2.50 bits per heavy atom. The number of hydrogen-bond acceptors (Lipinski definition) is 2. The number of amides is 1. The molecule has 0 radical (unpaired) electrons. The van der Waals surface area contributed by atoms with Crippen molar-refractivity contribution in [1.82, 2.24) is 14.9 Å². The summed E-state index contributed by atoms with van der Waals surface area (Å²) in [5, 5.41) is 2.72. The number of aromatic nitrogens is 2. The number of benzene rings is 2. The van der Waals surface area contributed by atoms with E-state index in [2.05, 4.69) is 10.3 Å². The Hall–Kier alpha value is -3.09. The second-order valence-electron chi connectivity index (χ2n) is 5.84. The third-order valence-electron chi connectivity index (χ3n) is 4.00. The second kappa shape index (κ2) is 7.03. The van der Waals surface area contributed by atoms with Crippen LogP contribution in [0.4, 0.5) is 13.2 Å². The first-order valence-corrected chi connectivity index (χ1v) is 7.91. The fourth-order valence-electron chi connectivity index (χ4n) is 2.55. The van der Waals surface area contributed by atoms with E-state index < -0.39 is 17.6 Å². The molecule has 134 valence electrons. The first kappa shape index (κ1) is 17.7. The van der Waals surface area contributed by atoms with Crippen molar-refractivity contribution in [2.45, 2.75) is 19.1 Å². The van der Waals surface area contributed by atoms with Crippen LogP contribution in [0.5, 0.6) is 0 Å². The lowest BCUT2D eigenvalue weighted by atomic mass is 10.1. The molecule has 3 aromatic rings. The Balaban J connectivity index is 1.71. The zero-order chi connectivity index (χ0) is 18.7. The summed E-state index contributed by atoms with van der Waals surface area (Å²) in [6.07, 6.45) is 0.679. The Labute approximate surface area is 148 Å². The molecule has 0 aliphatic carbocycles. The Bertz CT molecular complexity index is 887. The highest BCUT2D eigenvalue weighted by molar-refractivity contribution is 5.94. The van der Waals surface area contributed by atoms with E-state index in [1.165, 1.54) is 12.1 Å². The number of imidazole rings is 1. The van der Waals surface area contributed by atoms with Crippen molar-refractivity contribution in [1.29, 1.82) is 0 Å². The van der Waals surface area contributed by atoms with Crippen LogP contribution in [-0.4, -0.2) is 15.5 Å². The molecule has 1 unspecified atom stereocenters. The first-order valence-electron chi connectivity index (χ1n) is 7.91. The van der Waals surface area contributed by atoms with Crippen molar-refractivity contribution >= 4 is 5.91 Å². The lowest BCUT2D eigenvalue weighted by Gasteiger charge is -2.16. The molecule has 2 aromatic carbocycles. The van der Waals surface area contributed by atoms with Gasteiger partial charge in [0, 0.05) is 23.6 Å². The number of alkyl halides is 3. The number of nitrogens with one attached hydrogen (secondary N) is 1. The summed E-state index contributed by atoms with van der Waals surface area (Å²) >= 11 is 0. The summed E-state index contributed by atoms with van der Waals surface area (Å²) in [6.45, 7) is 1.78. The van der Waals surface area contributed by atoms with Gasteiger partial charge in [-0.25, -0.2) is 4.98 Å². The minimum absolute atomic E-state index is 0.0262. The molecule has 26 heavy (non-hydrogen) atoms. The van der Waals surface area contributed by atoms with Crippen LogP contribution in [0.25, 0.3) is 5.69 Å². The van der Waals surface area contributed by atoms with Gasteiger partial charge in [0.05, 0.1) is 17.9 Å². The highest BCUT2D eigenvalue weighted by atomic mass is 19.4. The molecular weight excluding hydrogens is 343 g/mol. The molecule has 0 fully saturated rings. The maximum absolute atomic E-state index is 12.8. The van der Waals surface area contributed by atoms with E-state index in [-0.39, 0.29) is 11.6 Å². The zero-order valence-electron chi connectivity index (χ0n) is 13.9. The van der Waals surface area contributed by atoms with E-state index in [1.807, 2.05) is 35.0 Å². The molecule has 1 atom stereocenters. The zero-order valence-corrected chi connectivity index (χ0v) is 13.9. The number of hydrogen-bond donors (Lipinski definition) is 1. The predicted molar refractivity (Wildman–Crippen MR) is 90.9 cm³/mol. The van der Waals surface area contributed by atoms with Gasteiger partial charge in [0.25, 0.3) is 5.91 Å². The largest absolute Gasteiger partial charge is 0.416 e. The van der Waals surface area contributed by atoms with Crippen LogP contribution in [-0.2, 0) is 6.18 Å². The van der Waals surface area contributed by atoms with Gasteiger partial charge in [-0.1, -0.05) is 18.2 Å². The molecule has 1 aromatic heterocycles. The van der Waals surface area contributed by atoms with Crippen molar-refractivity contribution in [2.24, 2.45) is 0 Å². The van der Waals surface area contributed by atoms with Crippen LogP contribution < -0.4 is 5.32 Å². The van der Waals surface area contributed by atoms with E-state index in [0.29, 0.717) is 0 Å². The van der Waals surface area contributed by atoms with Gasteiger partial charge in [-0.15, -0.1) is 0 Å². The quantitative estimate of drug-likeness (QED) is 0.751. The molecular formula is C19H16F3N3O. The molecule has 0 aliphatic heterocycles. The van der Waals surface area contributed by atoms with Crippen molar-refractivity contribution < 1.29 is 18.0 Å². The average molecular weight is 359 g/mol. The van der Waals surface area contributed by atoms with Crippen LogP contribution >= 0.6 is 0 Å². The summed E-state index contributed by atoms with van der Waals surface area (Å²) in [4.78, 5) is 16.2. The molecule has 0 aliphatic rings. The van der Waals surface area contributed by atoms with E-state index in [0.717, 1.165) is 23.4 Å². The molecule has 0 spiro atoms. The smallest absolute Gasteiger partial charge is 0.346 e. The number of carbonyl (C=O) groups is 1. The third-order valence-corrected chi connectivity index (χ3v) is 4.00. The first-order chi connectivity index (χ1) is 12.3. The summed E-state index contributed by atoms with van der Waals surface area (Å²) in [5.41, 5.74) is 0.890. The molecule has 1 N–H and O–H groups in total. The van der Waals surface area contributed by atoms with Gasteiger partial charge in [0.15, 0.2) is 0 Å². The standard InChI is InChI=1S/C19H16F3N3O/c1-13(14-5-7-17(8-6-14)25-10-9-23-12-25)24-18(26)15-3-2-4-16(11-15)19(20,21)22/h2-13H,1H3,(H,24,26). The summed E-state index contributed by atoms with van der Waals surface area (Å²) in [6, 6.07) is 11.5. The third kappa shape index (κ3) is 3.93. The molecule has 0 bridgehead atoms. The van der Waals surface area contributed by atoms with Gasteiger partial charge in [0.1, 0.15) is 0 Å². The van der Waals surface area contributed by atoms with Crippen LogP contribution in [0.15, 0.2) is 67.3 Å². The predicted octanol–water partition coefficient (Wildman–Crippen LogP) is 4.38. The van der Waals surface area contributed by atoms with Crippen LogP contribution in [0, 0.1) is 0 Å². The fourth-order valence-corrected chi connectivity index (χ4v) is 2.55. The Morgan fingerprint density at radius 2 is 1.88 bits per heavy atom. The Kier molecular flexibility index (Phi) is 4.79. The lowest BCUT2D eigenvalue weighted by Crippen LogP contribution is -2.27. The summed E-state index contributed by atoms with van der Waals surface area (Å²) < 4.78 is 40.2. The normalized spacial score (nSPS) is 12.6. The summed E-state index contributed by atoms with van der Waals surface area (Å²) in [5.74, 6) is -0.553. The lowest BCUT2D eigenvalue weighted by molar-refractivity contribution is -0.137. The number of nitrogens with zero attached hydrogens (tertiary/aromatic N) is 2. The van der Waals surface area contributed by atoms with Crippen LogP contribution in [0.1, 0.15) is 34.5 Å². The van der Waals surface area contributed by atoms with Crippen LogP contribution in [0.3, 0.4) is 0 Å². The highest BCUT2D eigenvalue weighted by Crippen LogP contribution is 2.29. The van der Waals surface area contributed by atoms with E-state index in [9.17, 15) is 18.0 Å². The van der Waals surface area contributed by atoms with Gasteiger partial charge in [-0.3, -0.25) is 4.79 Å². The maximum Gasteiger partial charge on any atom is 0.416 e. The number of rotatable bonds is 4. The maximum atomic E-state index is 12.8. The van der Waals surface area contributed by atoms with Crippen LogP contribution in [0.2, 0.25) is 0 Å². The van der Waals surface area contributed by atoms with Gasteiger partial charge in [-0.05, 0) is 42.8 Å². The molecule has 1 heterocycles.